The first-order chi connectivity index (χ1) is 9.88. The van der Waals surface area contributed by atoms with Crippen molar-refractivity contribution in [1.29, 1.82) is 0 Å². The minimum Gasteiger partial charge on any atom is -0.361 e. The lowest BCUT2D eigenvalue weighted by molar-refractivity contribution is 0.662. The molecule has 0 unspecified atom stereocenters. The molecule has 0 spiro atoms. The van der Waals surface area contributed by atoms with Gasteiger partial charge in [-0.25, -0.2) is 0 Å². The molecule has 1 heterocycles. The van der Waals surface area contributed by atoms with Crippen LogP contribution in [0.25, 0.3) is 10.9 Å². The summed E-state index contributed by atoms with van der Waals surface area (Å²) in [5, 5.41) is 4.55. The molecule has 0 aliphatic rings. The van der Waals surface area contributed by atoms with E-state index in [4.69, 9.17) is 0 Å². The van der Waals surface area contributed by atoms with Crippen molar-refractivity contribution in [3.8, 4) is 0 Å². The van der Waals surface area contributed by atoms with Gasteiger partial charge in [0.25, 0.3) is 0 Å². The molecular formula is C18H20N2. The molecule has 20 heavy (non-hydrogen) atoms. The summed E-state index contributed by atoms with van der Waals surface area (Å²) >= 11 is 0. The Morgan fingerprint density at radius 2 is 1.85 bits per heavy atom. The average molecular weight is 264 g/mol. The number of fused-ring (bicyclic) bond motifs is 1. The lowest BCUT2D eigenvalue weighted by Crippen LogP contribution is -2.13. The van der Waals surface area contributed by atoms with E-state index in [9.17, 15) is 0 Å². The number of hydrogen-bond acceptors (Lipinski definition) is 1. The lowest BCUT2D eigenvalue weighted by Gasteiger charge is -2.18. The molecule has 2 nitrogen and oxygen atoms in total. The van der Waals surface area contributed by atoms with Crippen LogP contribution in [0.3, 0.4) is 0 Å². The SMILES string of the molecule is CNCC[C@@H](c1ccccc1)c1ccc2[nH]ccc2c1. The van der Waals surface area contributed by atoms with E-state index in [1.54, 1.807) is 0 Å². The standard InChI is InChI=1S/C18H20N2/c1-19-11-10-17(14-5-3-2-4-6-14)15-7-8-18-16(13-15)9-12-20-18/h2-9,12-13,17,19-20H,10-11H2,1H3/t17-/m0/s1. The Bertz CT molecular complexity index is 670. The largest absolute Gasteiger partial charge is 0.361 e. The van der Waals surface area contributed by atoms with E-state index in [0.717, 1.165) is 13.0 Å². The smallest absolute Gasteiger partial charge is 0.0454 e. The van der Waals surface area contributed by atoms with Gasteiger partial charge in [0, 0.05) is 17.6 Å². The van der Waals surface area contributed by atoms with Crippen LogP contribution in [0, 0.1) is 0 Å². The first-order valence-electron chi connectivity index (χ1n) is 7.15. The molecule has 0 saturated carbocycles. The summed E-state index contributed by atoms with van der Waals surface area (Å²) in [6.07, 6.45) is 3.11. The number of aromatic nitrogens is 1. The van der Waals surface area contributed by atoms with Crippen LogP contribution in [0.15, 0.2) is 60.8 Å². The van der Waals surface area contributed by atoms with Crippen molar-refractivity contribution in [1.82, 2.24) is 10.3 Å². The Kier molecular flexibility index (Phi) is 3.84. The van der Waals surface area contributed by atoms with Gasteiger partial charge in [-0.05, 0) is 54.7 Å². The van der Waals surface area contributed by atoms with Gasteiger partial charge < -0.3 is 10.3 Å². The van der Waals surface area contributed by atoms with Crippen molar-refractivity contribution in [3.05, 3.63) is 71.9 Å². The van der Waals surface area contributed by atoms with Crippen LogP contribution in [0.1, 0.15) is 23.5 Å². The van der Waals surface area contributed by atoms with Crippen molar-refractivity contribution in [2.24, 2.45) is 0 Å². The molecule has 0 radical (unpaired) electrons. The van der Waals surface area contributed by atoms with Crippen molar-refractivity contribution >= 4 is 10.9 Å². The van der Waals surface area contributed by atoms with E-state index in [2.05, 4.69) is 64.9 Å². The number of hydrogen-bond donors (Lipinski definition) is 2. The highest BCUT2D eigenvalue weighted by Crippen LogP contribution is 2.29. The number of H-pyrrole nitrogens is 1. The van der Waals surface area contributed by atoms with Gasteiger partial charge >= 0.3 is 0 Å². The Labute approximate surface area is 119 Å². The topological polar surface area (TPSA) is 27.8 Å². The minimum atomic E-state index is 0.447. The van der Waals surface area contributed by atoms with Gasteiger partial charge in [0.1, 0.15) is 0 Å². The van der Waals surface area contributed by atoms with E-state index in [-0.39, 0.29) is 0 Å². The average Bonchev–Trinajstić information content (AvgIpc) is 2.96. The second-order valence-corrected chi connectivity index (χ2v) is 5.18. The van der Waals surface area contributed by atoms with Crippen molar-refractivity contribution < 1.29 is 0 Å². The van der Waals surface area contributed by atoms with E-state index in [1.807, 2.05) is 13.2 Å². The molecule has 3 rings (SSSR count). The highest BCUT2D eigenvalue weighted by Gasteiger charge is 2.14. The summed E-state index contributed by atoms with van der Waals surface area (Å²) in [7, 11) is 2.01. The van der Waals surface area contributed by atoms with Crippen LogP contribution in [-0.4, -0.2) is 18.6 Å². The normalized spacial score (nSPS) is 12.7. The first kappa shape index (κ1) is 12.9. The zero-order valence-corrected chi connectivity index (χ0v) is 11.8. The van der Waals surface area contributed by atoms with Gasteiger partial charge in [-0.2, -0.15) is 0 Å². The second kappa shape index (κ2) is 5.93. The number of nitrogens with one attached hydrogen (secondary N) is 2. The molecule has 2 aromatic carbocycles. The molecule has 0 fully saturated rings. The predicted octanol–water partition coefficient (Wildman–Crippen LogP) is 3.91. The van der Waals surface area contributed by atoms with E-state index >= 15 is 0 Å². The van der Waals surface area contributed by atoms with Gasteiger partial charge in [-0.15, -0.1) is 0 Å². The zero-order valence-electron chi connectivity index (χ0n) is 11.8. The quantitative estimate of drug-likeness (QED) is 0.718. The first-order valence-corrected chi connectivity index (χ1v) is 7.15. The fraction of sp³-hybridized carbons (Fsp3) is 0.222. The third-order valence-corrected chi connectivity index (χ3v) is 3.86. The Morgan fingerprint density at radius 1 is 1.00 bits per heavy atom. The molecular weight excluding hydrogens is 244 g/mol. The monoisotopic (exact) mass is 264 g/mol. The highest BCUT2D eigenvalue weighted by molar-refractivity contribution is 5.80. The molecule has 0 aliphatic carbocycles. The molecule has 1 atom stereocenters. The molecule has 2 heteroatoms. The van der Waals surface area contributed by atoms with Gasteiger partial charge in [0.15, 0.2) is 0 Å². The van der Waals surface area contributed by atoms with Crippen LogP contribution < -0.4 is 5.32 Å². The van der Waals surface area contributed by atoms with Crippen LogP contribution in [0.5, 0.6) is 0 Å². The molecule has 0 saturated heterocycles. The van der Waals surface area contributed by atoms with Crippen LogP contribution in [0.2, 0.25) is 0 Å². The summed E-state index contributed by atoms with van der Waals surface area (Å²) in [4.78, 5) is 3.26. The van der Waals surface area contributed by atoms with Crippen molar-refractivity contribution in [2.45, 2.75) is 12.3 Å². The fourth-order valence-electron chi connectivity index (χ4n) is 2.79. The number of rotatable bonds is 5. The molecule has 1 aromatic heterocycles. The van der Waals surface area contributed by atoms with Crippen molar-refractivity contribution in [3.63, 3.8) is 0 Å². The molecule has 0 amide bonds. The second-order valence-electron chi connectivity index (χ2n) is 5.18. The third-order valence-electron chi connectivity index (χ3n) is 3.86. The van der Waals surface area contributed by atoms with Crippen LogP contribution >= 0.6 is 0 Å². The summed E-state index contributed by atoms with van der Waals surface area (Å²) in [5.74, 6) is 0.447. The number of benzene rings is 2. The van der Waals surface area contributed by atoms with E-state index < -0.39 is 0 Å². The Hall–Kier alpha value is -2.06. The van der Waals surface area contributed by atoms with Gasteiger partial charge in [0.2, 0.25) is 0 Å². The molecule has 3 aromatic rings. The highest BCUT2D eigenvalue weighted by atomic mass is 14.8. The van der Waals surface area contributed by atoms with Gasteiger partial charge in [-0.3, -0.25) is 0 Å². The van der Waals surface area contributed by atoms with Crippen molar-refractivity contribution in [2.75, 3.05) is 13.6 Å². The maximum absolute atomic E-state index is 3.26. The minimum absolute atomic E-state index is 0.447. The zero-order chi connectivity index (χ0) is 13.8. The summed E-state index contributed by atoms with van der Waals surface area (Å²) in [6, 6.07) is 19.6. The number of aromatic amines is 1. The summed E-state index contributed by atoms with van der Waals surface area (Å²) in [5.41, 5.74) is 3.98. The van der Waals surface area contributed by atoms with E-state index in [1.165, 1.54) is 22.0 Å². The predicted molar refractivity (Wildman–Crippen MR) is 85.1 cm³/mol. The maximum atomic E-state index is 3.26. The summed E-state index contributed by atoms with van der Waals surface area (Å²) < 4.78 is 0. The van der Waals surface area contributed by atoms with Gasteiger partial charge in [-0.1, -0.05) is 36.4 Å². The molecule has 102 valence electrons. The van der Waals surface area contributed by atoms with E-state index in [0.29, 0.717) is 5.92 Å². The Balaban J connectivity index is 1.99. The molecule has 0 bridgehead atoms. The van der Waals surface area contributed by atoms with Gasteiger partial charge in [0.05, 0.1) is 0 Å². The van der Waals surface area contributed by atoms with Crippen LogP contribution in [0.4, 0.5) is 0 Å². The molecule has 2 N–H and O–H groups in total. The fourth-order valence-corrected chi connectivity index (χ4v) is 2.79. The maximum Gasteiger partial charge on any atom is 0.0454 e. The third kappa shape index (κ3) is 2.61. The molecule has 0 aliphatic heterocycles. The Morgan fingerprint density at radius 3 is 2.65 bits per heavy atom. The lowest BCUT2D eigenvalue weighted by atomic mass is 9.88. The summed E-state index contributed by atoms with van der Waals surface area (Å²) in [6.45, 7) is 1.02. The van der Waals surface area contributed by atoms with Crippen LogP contribution in [-0.2, 0) is 0 Å².